The second-order valence-electron chi connectivity index (χ2n) is 3.91. The van der Waals surface area contributed by atoms with Crippen LogP contribution in [-0.2, 0) is 0 Å². The number of anilines is 1. The van der Waals surface area contributed by atoms with Gasteiger partial charge in [-0.2, -0.15) is 0 Å². The van der Waals surface area contributed by atoms with Gasteiger partial charge >= 0.3 is 0 Å². The van der Waals surface area contributed by atoms with E-state index in [9.17, 15) is 14.0 Å². The summed E-state index contributed by atoms with van der Waals surface area (Å²) >= 11 is 11.1. The van der Waals surface area contributed by atoms with Crippen molar-refractivity contribution >= 4 is 40.0 Å². The van der Waals surface area contributed by atoms with Crippen molar-refractivity contribution < 1.29 is 14.0 Å². The average Bonchev–Trinajstić information content (AvgIpc) is 2.38. The molecule has 0 fully saturated rings. The summed E-state index contributed by atoms with van der Waals surface area (Å²) in [6, 6.07) is 9.95. The second-order valence-corrected chi connectivity index (χ2v) is 4.66. The van der Waals surface area contributed by atoms with Crippen molar-refractivity contribution in [2.75, 3.05) is 5.32 Å². The van der Waals surface area contributed by atoms with Crippen LogP contribution in [0.5, 0.6) is 0 Å². The van der Waals surface area contributed by atoms with E-state index in [-0.39, 0.29) is 16.1 Å². The Morgan fingerprint density at radius 1 is 1.10 bits per heavy atom. The molecule has 0 bridgehead atoms. The van der Waals surface area contributed by atoms with E-state index in [1.165, 1.54) is 24.3 Å². The maximum absolute atomic E-state index is 13.6. The SMILES string of the molecule is O=C(Cl)c1cccc(NC(=O)c2c(F)cccc2Cl)c1. The van der Waals surface area contributed by atoms with Gasteiger partial charge in [0.1, 0.15) is 5.82 Å². The number of halogens is 3. The lowest BCUT2D eigenvalue weighted by molar-refractivity contribution is 0.102. The van der Waals surface area contributed by atoms with Gasteiger partial charge in [-0.25, -0.2) is 4.39 Å². The zero-order valence-corrected chi connectivity index (χ0v) is 11.5. The van der Waals surface area contributed by atoms with Crippen molar-refractivity contribution in [3.63, 3.8) is 0 Å². The third kappa shape index (κ3) is 3.15. The van der Waals surface area contributed by atoms with Crippen molar-refractivity contribution in [3.8, 4) is 0 Å². The monoisotopic (exact) mass is 311 g/mol. The van der Waals surface area contributed by atoms with Crippen LogP contribution < -0.4 is 5.32 Å². The molecular formula is C14H8Cl2FNO2. The van der Waals surface area contributed by atoms with Crippen LogP contribution in [0.25, 0.3) is 0 Å². The highest BCUT2D eigenvalue weighted by molar-refractivity contribution is 6.67. The number of hydrogen-bond donors (Lipinski definition) is 1. The highest BCUT2D eigenvalue weighted by Crippen LogP contribution is 2.21. The lowest BCUT2D eigenvalue weighted by Crippen LogP contribution is -2.14. The molecule has 20 heavy (non-hydrogen) atoms. The van der Waals surface area contributed by atoms with Crippen LogP contribution in [0, 0.1) is 5.82 Å². The van der Waals surface area contributed by atoms with Gasteiger partial charge in [0.25, 0.3) is 11.1 Å². The van der Waals surface area contributed by atoms with E-state index in [1.807, 2.05) is 0 Å². The molecular weight excluding hydrogens is 304 g/mol. The normalized spacial score (nSPS) is 10.2. The minimum absolute atomic E-state index is 0.00655. The van der Waals surface area contributed by atoms with Crippen LogP contribution in [0.2, 0.25) is 5.02 Å². The molecule has 0 saturated heterocycles. The zero-order valence-electron chi connectivity index (χ0n) is 9.99. The number of benzene rings is 2. The molecule has 1 amide bonds. The Hall–Kier alpha value is -1.91. The fourth-order valence-corrected chi connectivity index (χ4v) is 1.99. The van der Waals surface area contributed by atoms with Crippen LogP contribution in [0.1, 0.15) is 20.7 Å². The Balaban J connectivity index is 2.28. The quantitative estimate of drug-likeness (QED) is 0.867. The lowest BCUT2D eigenvalue weighted by Gasteiger charge is -2.08. The van der Waals surface area contributed by atoms with Gasteiger partial charge in [0.2, 0.25) is 0 Å². The van der Waals surface area contributed by atoms with Crippen molar-refractivity contribution in [2.45, 2.75) is 0 Å². The molecule has 0 heterocycles. The van der Waals surface area contributed by atoms with Gasteiger partial charge in [0.15, 0.2) is 0 Å². The summed E-state index contributed by atoms with van der Waals surface area (Å²) in [6.45, 7) is 0. The van der Waals surface area contributed by atoms with Gasteiger partial charge in [-0.05, 0) is 41.9 Å². The van der Waals surface area contributed by atoms with Gasteiger partial charge in [0, 0.05) is 11.3 Å². The molecule has 0 spiro atoms. The van der Waals surface area contributed by atoms with Gasteiger partial charge in [-0.1, -0.05) is 23.7 Å². The number of rotatable bonds is 3. The van der Waals surface area contributed by atoms with E-state index >= 15 is 0 Å². The standard InChI is InChI=1S/C14H8Cl2FNO2/c15-10-5-2-6-11(17)12(10)14(20)18-9-4-1-3-8(7-9)13(16)19/h1-7H,(H,18,20). The van der Waals surface area contributed by atoms with Gasteiger partial charge in [0.05, 0.1) is 10.6 Å². The van der Waals surface area contributed by atoms with Crippen LogP contribution in [0.4, 0.5) is 10.1 Å². The zero-order chi connectivity index (χ0) is 14.7. The molecule has 3 nitrogen and oxygen atoms in total. The summed E-state index contributed by atoms with van der Waals surface area (Å²) in [4.78, 5) is 23.0. The Labute approximate surface area is 124 Å². The predicted octanol–water partition coefficient (Wildman–Crippen LogP) is 4.11. The first-order valence-corrected chi connectivity index (χ1v) is 6.30. The molecule has 0 aromatic heterocycles. The van der Waals surface area contributed by atoms with Crippen molar-refractivity contribution in [2.24, 2.45) is 0 Å². The fourth-order valence-electron chi connectivity index (χ4n) is 1.63. The van der Waals surface area contributed by atoms with Gasteiger partial charge in [-0.3, -0.25) is 9.59 Å². The van der Waals surface area contributed by atoms with E-state index < -0.39 is 17.0 Å². The molecule has 6 heteroatoms. The molecule has 2 rings (SSSR count). The lowest BCUT2D eigenvalue weighted by atomic mass is 10.1. The fraction of sp³-hybridized carbons (Fsp3) is 0. The second kappa shape index (κ2) is 6.03. The first-order chi connectivity index (χ1) is 9.49. The maximum atomic E-state index is 13.6. The number of hydrogen-bond acceptors (Lipinski definition) is 2. The average molecular weight is 312 g/mol. The number of carbonyl (C=O) groups is 2. The molecule has 0 saturated carbocycles. The Morgan fingerprint density at radius 3 is 2.45 bits per heavy atom. The molecule has 0 aliphatic heterocycles. The van der Waals surface area contributed by atoms with Crippen molar-refractivity contribution in [1.82, 2.24) is 0 Å². The smallest absolute Gasteiger partial charge is 0.260 e. The maximum Gasteiger partial charge on any atom is 0.260 e. The highest BCUT2D eigenvalue weighted by atomic mass is 35.5. The van der Waals surface area contributed by atoms with E-state index in [4.69, 9.17) is 23.2 Å². The minimum atomic E-state index is -0.723. The number of amides is 1. The van der Waals surface area contributed by atoms with Gasteiger partial charge < -0.3 is 5.32 Å². The molecule has 0 unspecified atom stereocenters. The summed E-state index contributed by atoms with van der Waals surface area (Å²) in [5.74, 6) is -1.42. The Morgan fingerprint density at radius 2 is 1.80 bits per heavy atom. The molecule has 0 radical (unpaired) electrons. The van der Waals surface area contributed by atoms with Crippen molar-refractivity contribution in [1.29, 1.82) is 0 Å². The Bertz CT molecular complexity index is 668. The minimum Gasteiger partial charge on any atom is -0.322 e. The third-order valence-corrected chi connectivity index (χ3v) is 3.07. The number of carbonyl (C=O) groups excluding carboxylic acids is 2. The molecule has 0 atom stereocenters. The first kappa shape index (κ1) is 14.5. The van der Waals surface area contributed by atoms with Crippen LogP contribution >= 0.6 is 23.2 Å². The summed E-state index contributed by atoms with van der Waals surface area (Å²) < 4.78 is 13.6. The summed E-state index contributed by atoms with van der Waals surface area (Å²) in [5, 5.41) is 1.82. The third-order valence-electron chi connectivity index (χ3n) is 2.54. The van der Waals surface area contributed by atoms with Crippen molar-refractivity contribution in [3.05, 3.63) is 64.4 Å². The largest absolute Gasteiger partial charge is 0.322 e. The predicted molar refractivity (Wildman–Crippen MR) is 76.0 cm³/mol. The molecule has 1 N–H and O–H groups in total. The molecule has 0 aliphatic rings. The van der Waals surface area contributed by atoms with E-state index in [0.717, 1.165) is 6.07 Å². The van der Waals surface area contributed by atoms with Gasteiger partial charge in [-0.15, -0.1) is 0 Å². The number of nitrogens with one attached hydrogen (secondary N) is 1. The van der Waals surface area contributed by atoms with Crippen LogP contribution in [0.15, 0.2) is 42.5 Å². The summed E-state index contributed by atoms with van der Waals surface area (Å²) in [6.07, 6.45) is 0. The molecule has 102 valence electrons. The van der Waals surface area contributed by atoms with E-state index in [0.29, 0.717) is 5.69 Å². The first-order valence-electron chi connectivity index (χ1n) is 5.54. The molecule has 2 aromatic rings. The van der Waals surface area contributed by atoms with E-state index in [2.05, 4.69) is 5.32 Å². The molecule has 0 aliphatic carbocycles. The Kier molecular flexibility index (Phi) is 4.37. The van der Waals surface area contributed by atoms with Crippen LogP contribution in [-0.4, -0.2) is 11.1 Å². The summed E-state index contributed by atoms with van der Waals surface area (Å²) in [5.41, 5.74) is 0.293. The highest BCUT2D eigenvalue weighted by Gasteiger charge is 2.16. The van der Waals surface area contributed by atoms with Crippen LogP contribution in [0.3, 0.4) is 0 Å². The topological polar surface area (TPSA) is 46.2 Å². The van der Waals surface area contributed by atoms with E-state index in [1.54, 1.807) is 12.1 Å². The molecule has 2 aromatic carbocycles. The summed E-state index contributed by atoms with van der Waals surface area (Å²) in [7, 11) is 0.